The minimum Gasteiger partial charge on any atom is -0.493 e. The number of methoxy groups -OCH3 is 2. The summed E-state index contributed by atoms with van der Waals surface area (Å²) in [6.45, 7) is 0.743. The van der Waals surface area contributed by atoms with E-state index >= 15 is 0 Å². The number of aromatic amines is 1. The zero-order chi connectivity index (χ0) is 14.7. The second kappa shape index (κ2) is 5.79. The molecule has 0 saturated carbocycles. The highest BCUT2D eigenvalue weighted by Crippen LogP contribution is 2.30. The fourth-order valence-corrected chi connectivity index (χ4v) is 2.44. The fraction of sp³-hybridized carbons (Fsp3) is 0.176. The SMILES string of the molecule is COc1ccc(NCc2cccc3cc[nH]c23)cc1OC. The Morgan fingerprint density at radius 3 is 2.67 bits per heavy atom. The van der Waals surface area contributed by atoms with Crippen molar-refractivity contribution >= 4 is 16.6 Å². The Balaban J connectivity index is 1.80. The lowest BCUT2D eigenvalue weighted by Gasteiger charge is -2.11. The summed E-state index contributed by atoms with van der Waals surface area (Å²) in [4.78, 5) is 3.28. The van der Waals surface area contributed by atoms with Gasteiger partial charge < -0.3 is 19.8 Å². The van der Waals surface area contributed by atoms with Gasteiger partial charge in [-0.05, 0) is 29.1 Å². The molecule has 0 unspecified atom stereocenters. The number of nitrogens with one attached hydrogen (secondary N) is 2. The highest BCUT2D eigenvalue weighted by molar-refractivity contribution is 5.82. The van der Waals surface area contributed by atoms with Gasteiger partial charge in [-0.2, -0.15) is 0 Å². The van der Waals surface area contributed by atoms with Crippen LogP contribution in [0.15, 0.2) is 48.7 Å². The molecule has 2 N–H and O–H groups in total. The van der Waals surface area contributed by atoms with E-state index in [2.05, 4.69) is 34.6 Å². The van der Waals surface area contributed by atoms with Crippen molar-refractivity contribution in [3.63, 3.8) is 0 Å². The van der Waals surface area contributed by atoms with E-state index in [9.17, 15) is 0 Å². The van der Waals surface area contributed by atoms with Gasteiger partial charge in [0, 0.05) is 24.5 Å². The molecule has 4 nitrogen and oxygen atoms in total. The number of anilines is 1. The standard InChI is InChI=1S/C17H18N2O2/c1-20-15-7-6-14(10-16(15)21-2)19-11-13-5-3-4-12-8-9-18-17(12)13/h3-10,18-19H,11H2,1-2H3. The molecular formula is C17H18N2O2. The van der Waals surface area contributed by atoms with Gasteiger partial charge >= 0.3 is 0 Å². The van der Waals surface area contributed by atoms with Crippen LogP contribution in [0, 0.1) is 0 Å². The number of aromatic nitrogens is 1. The van der Waals surface area contributed by atoms with Crippen LogP contribution < -0.4 is 14.8 Å². The van der Waals surface area contributed by atoms with Crippen LogP contribution in [0.5, 0.6) is 11.5 Å². The second-order valence-electron chi connectivity index (χ2n) is 4.78. The van der Waals surface area contributed by atoms with Crippen LogP contribution in [0.3, 0.4) is 0 Å². The summed E-state index contributed by atoms with van der Waals surface area (Å²) < 4.78 is 10.6. The van der Waals surface area contributed by atoms with Gasteiger partial charge in [-0.15, -0.1) is 0 Å². The fourth-order valence-electron chi connectivity index (χ4n) is 2.44. The number of hydrogen-bond donors (Lipinski definition) is 2. The third kappa shape index (κ3) is 2.65. The van der Waals surface area contributed by atoms with Gasteiger partial charge in [-0.3, -0.25) is 0 Å². The Bertz CT molecular complexity index is 749. The molecule has 4 heteroatoms. The summed E-state index contributed by atoms with van der Waals surface area (Å²) >= 11 is 0. The first-order chi connectivity index (χ1) is 10.3. The predicted octanol–water partition coefficient (Wildman–Crippen LogP) is 3.80. The number of H-pyrrole nitrogens is 1. The van der Waals surface area contributed by atoms with Gasteiger partial charge in [0.05, 0.1) is 19.7 Å². The van der Waals surface area contributed by atoms with E-state index in [1.807, 2.05) is 24.4 Å². The summed E-state index contributed by atoms with van der Waals surface area (Å²) in [6, 6.07) is 14.2. The minimum atomic E-state index is 0.723. The topological polar surface area (TPSA) is 46.3 Å². The maximum Gasteiger partial charge on any atom is 0.162 e. The van der Waals surface area contributed by atoms with E-state index in [0.717, 1.165) is 23.7 Å². The molecule has 0 aliphatic rings. The van der Waals surface area contributed by atoms with E-state index in [4.69, 9.17) is 9.47 Å². The van der Waals surface area contributed by atoms with Gasteiger partial charge in [0.2, 0.25) is 0 Å². The van der Waals surface area contributed by atoms with Crippen LogP contribution in [-0.2, 0) is 6.54 Å². The second-order valence-corrected chi connectivity index (χ2v) is 4.78. The predicted molar refractivity (Wildman–Crippen MR) is 85.2 cm³/mol. The summed E-state index contributed by atoms with van der Waals surface area (Å²) in [5, 5.41) is 4.64. The summed E-state index contributed by atoms with van der Waals surface area (Å²) in [7, 11) is 3.28. The molecule has 0 atom stereocenters. The third-order valence-electron chi connectivity index (χ3n) is 3.54. The number of hydrogen-bond acceptors (Lipinski definition) is 3. The van der Waals surface area contributed by atoms with E-state index in [1.165, 1.54) is 16.5 Å². The Morgan fingerprint density at radius 1 is 1.00 bits per heavy atom. The van der Waals surface area contributed by atoms with Crippen molar-refractivity contribution in [2.45, 2.75) is 6.54 Å². The molecular weight excluding hydrogens is 264 g/mol. The highest BCUT2D eigenvalue weighted by Gasteiger charge is 2.05. The quantitative estimate of drug-likeness (QED) is 0.748. The van der Waals surface area contributed by atoms with E-state index in [1.54, 1.807) is 14.2 Å². The summed E-state index contributed by atoms with van der Waals surface area (Å²) in [6.07, 6.45) is 1.96. The molecule has 2 aromatic carbocycles. The average Bonchev–Trinajstić information content (AvgIpc) is 3.01. The Hall–Kier alpha value is -2.62. The third-order valence-corrected chi connectivity index (χ3v) is 3.54. The van der Waals surface area contributed by atoms with Crippen molar-refractivity contribution in [2.75, 3.05) is 19.5 Å². The van der Waals surface area contributed by atoms with Crippen LogP contribution in [-0.4, -0.2) is 19.2 Å². The molecule has 21 heavy (non-hydrogen) atoms. The van der Waals surface area contributed by atoms with Crippen LogP contribution in [0.25, 0.3) is 10.9 Å². The minimum absolute atomic E-state index is 0.723. The Kier molecular flexibility index (Phi) is 3.69. The lowest BCUT2D eigenvalue weighted by atomic mass is 10.1. The molecule has 0 aliphatic heterocycles. The first-order valence-electron chi connectivity index (χ1n) is 6.82. The maximum atomic E-state index is 5.32. The van der Waals surface area contributed by atoms with E-state index in [-0.39, 0.29) is 0 Å². The maximum absolute atomic E-state index is 5.32. The lowest BCUT2D eigenvalue weighted by molar-refractivity contribution is 0.355. The molecule has 0 fully saturated rings. The van der Waals surface area contributed by atoms with E-state index < -0.39 is 0 Å². The van der Waals surface area contributed by atoms with Crippen molar-refractivity contribution in [3.05, 3.63) is 54.2 Å². The normalized spacial score (nSPS) is 10.6. The summed E-state index contributed by atoms with van der Waals surface area (Å²) in [5.74, 6) is 1.45. The van der Waals surface area contributed by atoms with Crippen molar-refractivity contribution in [2.24, 2.45) is 0 Å². The molecule has 1 aromatic heterocycles. The Labute approximate surface area is 123 Å². The van der Waals surface area contributed by atoms with Gasteiger partial charge in [0.15, 0.2) is 11.5 Å². The number of fused-ring (bicyclic) bond motifs is 1. The van der Waals surface area contributed by atoms with Crippen molar-refractivity contribution in [1.82, 2.24) is 4.98 Å². The van der Waals surface area contributed by atoms with Crippen LogP contribution in [0.4, 0.5) is 5.69 Å². The lowest BCUT2D eigenvalue weighted by Crippen LogP contribution is -2.01. The first kappa shape index (κ1) is 13.4. The molecule has 1 heterocycles. The van der Waals surface area contributed by atoms with Gasteiger partial charge in [-0.25, -0.2) is 0 Å². The summed E-state index contributed by atoms with van der Waals surface area (Å²) in [5.41, 5.74) is 3.40. The molecule has 3 aromatic rings. The smallest absolute Gasteiger partial charge is 0.162 e. The van der Waals surface area contributed by atoms with Crippen LogP contribution in [0.2, 0.25) is 0 Å². The number of para-hydroxylation sites is 1. The largest absolute Gasteiger partial charge is 0.493 e. The van der Waals surface area contributed by atoms with Crippen molar-refractivity contribution in [3.8, 4) is 11.5 Å². The van der Waals surface area contributed by atoms with E-state index in [0.29, 0.717) is 0 Å². The van der Waals surface area contributed by atoms with Crippen LogP contribution in [0.1, 0.15) is 5.56 Å². The average molecular weight is 282 g/mol. The molecule has 0 aliphatic carbocycles. The monoisotopic (exact) mass is 282 g/mol. The zero-order valence-corrected chi connectivity index (χ0v) is 12.1. The van der Waals surface area contributed by atoms with Gasteiger partial charge in [-0.1, -0.05) is 18.2 Å². The highest BCUT2D eigenvalue weighted by atomic mass is 16.5. The molecule has 0 radical (unpaired) electrons. The molecule has 108 valence electrons. The number of rotatable bonds is 5. The molecule has 0 saturated heterocycles. The number of ether oxygens (including phenoxy) is 2. The molecule has 0 amide bonds. The first-order valence-corrected chi connectivity index (χ1v) is 6.82. The van der Waals surface area contributed by atoms with Crippen molar-refractivity contribution < 1.29 is 9.47 Å². The van der Waals surface area contributed by atoms with Crippen molar-refractivity contribution in [1.29, 1.82) is 0 Å². The molecule has 0 spiro atoms. The zero-order valence-electron chi connectivity index (χ0n) is 12.1. The van der Waals surface area contributed by atoms with Gasteiger partial charge in [0.1, 0.15) is 0 Å². The van der Waals surface area contributed by atoms with Crippen LogP contribution >= 0.6 is 0 Å². The number of benzene rings is 2. The van der Waals surface area contributed by atoms with Gasteiger partial charge in [0.25, 0.3) is 0 Å². The Morgan fingerprint density at radius 2 is 1.86 bits per heavy atom. The molecule has 0 bridgehead atoms. The molecule has 3 rings (SSSR count).